The number of aliphatic hydroxyl groups excluding tert-OH is 1. The fourth-order valence-electron chi connectivity index (χ4n) is 4.56. The van der Waals surface area contributed by atoms with Crippen molar-refractivity contribution in [1.82, 2.24) is 10.2 Å². The number of nitrogens with one attached hydrogen (secondary N) is 2. The van der Waals surface area contributed by atoms with Gasteiger partial charge in [0.15, 0.2) is 6.29 Å². The third-order valence-electron chi connectivity index (χ3n) is 6.28. The lowest BCUT2D eigenvalue weighted by atomic mass is 9.99. The van der Waals surface area contributed by atoms with Crippen molar-refractivity contribution in [3.63, 3.8) is 0 Å². The highest BCUT2D eigenvalue weighted by Crippen LogP contribution is 2.38. The SMILES string of the molecule is CCNC(=O)Nc1cccc([C@H]2O[C@@H](CN3CCCCC3)C[C@@H](c3ccc(CO)cc3)O2)c1. The van der Waals surface area contributed by atoms with Gasteiger partial charge in [0, 0.05) is 30.8 Å². The molecule has 3 atom stereocenters. The van der Waals surface area contributed by atoms with E-state index in [0.717, 1.165) is 42.7 Å². The normalized spacial score (nSPS) is 23.8. The molecule has 0 unspecified atom stereocenters. The van der Waals surface area contributed by atoms with Crippen LogP contribution in [0.3, 0.4) is 0 Å². The van der Waals surface area contributed by atoms with Gasteiger partial charge in [0.2, 0.25) is 0 Å². The Kier molecular flexibility index (Phi) is 8.34. The second kappa shape index (κ2) is 11.6. The molecule has 2 aliphatic rings. The Labute approximate surface area is 196 Å². The molecule has 2 heterocycles. The van der Waals surface area contributed by atoms with E-state index in [1.807, 2.05) is 55.5 Å². The van der Waals surface area contributed by atoms with Crippen LogP contribution in [-0.2, 0) is 16.1 Å². The molecule has 2 saturated heterocycles. The van der Waals surface area contributed by atoms with Crippen LogP contribution < -0.4 is 10.6 Å². The van der Waals surface area contributed by atoms with Crippen LogP contribution in [0, 0.1) is 0 Å². The minimum absolute atomic E-state index is 0.0283. The highest BCUT2D eigenvalue weighted by molar-refractivity contribution is 5.89. The van der Waals surface area contributed by atoms with Crippen LogP contribution in [0.25, 0.3) is 0 Å². The van der Waals surface area contributed by atoms with Gasteiger partial charge >= 0.3 is 6.03 Å². The summed E-state index contributed by atoms with van der Waals surface area (Å²) in [4.78, 5) is 14.5. The molecule has 33 heavy (non-hydrogen) atoms. The number of carbonyl (C=O) groups excluding carboxylic acids is 1. The quantitative estimate of drug-likeness (QED) is 0.581. The average Bonchev–Trinajstić information content (AvgIpc) is 2.85. The minimum atomic E-state index is -0.521. The zero-order valence-corrected chi connectivity index (χ0v) is 19.3. The lowest BCUT2D eigenvalue weighted by Crippen LogP contribution is -2.41. The maximum absolute atomic E-state index is 12.0. The van der Waals surface area contributed by atoms with E-state index in [-0.39, 0.29) is 24.8 Å². The van der Waals surface area contributed by atoms with Crippen LogP contribution in [0.4, 0.5) is 10.5 Å². The number of urea groups is 1. The molecule has 2 aromatic carbocycles. The third-order valence-corrected chi connectivity index (χ3v) is 6.28. The molecule has 4 rings (SSSR count). The lowest BCUT2D eigenvalue weighted by molar-refractivity contribution is -0.253. The van der Waals surface area contributed by atoms with E-state index < -0.39 is 6.29 Å². The molecule has 2 amide bonds. The van der Waals surface area contributed by atoms with Gasteiger partial charge in [0.1, 0.15) is 0 Å². The molecule has 7 nitrogen and oxygen atoms in total. The second-order valence-corrected chi connectivity index (χ2v) is 8.82. The number of hydrogen-bond donors (Lipinski definition) is 3. The first-order valence-electron chi connectivity index (χ1n) is 12.0. The molecule has 0 aromatic heterocycles. The van der Waals surface area contributed by atoms with E-state index in [0.29, 0.717) is 12.2 Å². The molecule has 2 aliphatic heterocycles. The van der Waals surface area contributed by atoms with Crippen molar-refractivity contribution in [2.24, 2.45) is 0 Å². The summed E-state index contributed by atoms with van der Waals surface area (Å²) in [5.41, 5.74) is 3.55. The number of carbonyl (C=O) groups is 1. The predicted molar refractivity (Wildman–Crippen MR) is 128 cm³/mol. The largest absolute Gasteiger partial charge is 0.392 e. The Hall–Kier alpha value is -2.45. The number of benzene rings is 2. The van der Waals surface area contributed by atoms with Gasteiger partial charge in [-0.15, -0.1) is 0 Å². The number of likely N-dealkylation sites (tertiary alicyclic amines) is 1. The minimum Gasteiger partial charge on any atom is -0.392 e. The number of ether oxygens (including phenoxy) is 2. The summed E-state index contributed by atoms with van der Waals surface area (Å²) in [6.07, 6.45) is 3.99. The molecule has 0 aliphatic carbocycles. The van der Waals surface area contributed by atoms with Crippen molar-refractivity contribution in [2.45, 2.75) is 57.7 Å². The van der Waals surface area contributed by atoms with Crippen LogP contribution in [-0.4, -0.2) is 48.3 Å². The van der Waals surface area contributed by atoms with Crippen LogP contribution in [0.2, 0.25) is 0 Å². The zero-order valence-electron chi connectivity index (χ0n) is 19.3. The number of amides is 2. The first kappa shape index (κ1) is 23.7. The number of hydrogen-bond acceptors (Lipinski definition) is 5. The molecule has 7 heteroatoms. The van der Waals surface area contributed by atoms with Crippen molar-refractivity contribution in [2.75, 3.05) is 31.5 Å². The first-order valence-corrected chi connectivity index (χ1v) is 12.0. The van der Waals surface area contributed by atoms with Crippen molar-refractivity contribution >= 4 is 11.7 Å². The van der Waals surface area contributed by atoms with Gasteiger partial charge in [0.05, 0.1) is 18.8 Å². The van der Waals surface area contributed by atoms with E-state index >= 15 is 0 Å². The fourth-order valence-corrected chi connectivity index (χ4v) is 4.56. The van der Waals surface area contributed by atoms with Gasteiger partial charge in [-0.2, -0.15) is 0 Å². The van der Waals surface area contributed by atoms with Crippen LogP contribution in [0.15, 0.2) is 48.5 Å². The maximum Gasteiger partial charge on any atom is 0.319 e. The Morgan fingerprint density at radius 3 is 2.58 bits per heavy atom. The summed E-state index contributed by atoms with van der Waals surface area (Å²) in [5.74, 6) is 0. The Balaban J connectivity index is 1.53. The maximum atomic E-state index is 12.0. The summed E-state index contributed by atoms with van der Waals surface area (Å²) < 4.78 is 12.9. The Morgan fingerprint density at radius 1 is 1.06 bits per heavy atom. The van der Waals surface area contributed by atoms with Crippen LogP contribution in [0.5, 0.6) is 0 Å². The summed E-state index contributed by atoms with van der Waals surface area (Å²) in [5, 5.41) is 15.0. The highest BCUT2D eigenvalue weighted by atomic mass is 16.7. The smallest absolute Gasteiger partial charge is 0.319 e. The average molecular weight is 454 g/mol. The van der Waals surface area contributed by atoms with E-state index in [9.17, 15) is 9.90 Å². The molecule has 178 valence electrons. The number of piperidine rings is 1. The summed E-state index contributed by atoms with van der Waals surface area (Å²) in [7, 11) is 0. The van der Waals surface area contributed by atoms with E-state index in [2.05, 4.69) is 15.5 Å². The topological polar surface area (TPSA) is 83.1 Å². The molecule has 0 saturated carbocycles. The fraction of sp³-hybridized carbons (Fsp3) is 0.500. The van der Waals surface area contributed by atoms with Crippen molar-refractivity contribution in [3.8, 4) is 0 Å². The molecule has 0 spiro atoms. The van der Waals surface area contributed by atoms with Crippen molar-refractivity contribution in [1.29, 1.82) is 0 Å². The van der Waals surface area contributed by atoms with Gasteiger partial charge in [-0.3, -0.25) is 0 Å². The molecular formula is C26H35N3O4. The van der Waals surface area contributed by atoms with Crippen LogP contribution in [0.1, 0.15) is 61.7 Å². The van der Waals surface area contributed by atoms with E-state index in [4.69, 9.17) is 9.47 Å². The summed E-state index contributed by atoms with van der Waals surface area (Å²) in [6.45, 7) is 5.60. The van der Waals surface area contributed by atoms with Gasteiger partial charge < -0.3 is 30.1 Å². The number of anilines is 1. The van der Waals surface area contributed by atoms with Crippen LogP contribution >= 0.6 is 0 Å². The zero-order chi connectivity index (χ0) is 23.0. The second-order valence-electron chi connectivity index (χ2n) is 8.82. The monoisotopic (exact) mass is 453 g/mol. The number of nitrogens with zero attached hydrogens (tertiary/aromatic N) is 1. The van der Waals surface area contributed by atoms with E-state index in [1.165, 1.54) is 19.3 Å². The van der Waals surface area contributed by atoms with Gasteiger partial charge in [-0.1, -0.05) is 42.8 Å². The summed E-state index contributed by atoms with van der Waals surface area (Å²) >= 11 is 0. The first-order chi connectivity index (χ1) is 16.1. The van der Waals surface area contributed by atoms with Crippen molar-refractivity contribution in [3.05, 3.63) is 65.2 Å². The Morgan fingerprint density at radius 2 is 1.85 bits per heavy atom. The third kappa shape index (κ3) is 6.54. The van der Waals surface area contributed by atoms with Crippen molar-refractivity contribution < 1.29 is 19.4 Å². The molecule has 0 radical (unpaired) electrons. The molecular weight excluding hydrogens is 418 g/mol. The molecule has 3 N–H and O–H groups in total. The number of aliphatic hydroxyl groups is 1. The van der Waals surface area contributed by atoms with Gasteiger partial charge in [0.25, 0.3) is 0 Å². The predicted octanol–water partition coefficient (Wildman–Crippen LogP) is 4.35. The number of rotatable bonds is 7. The molecule has 2 aromatic rings. The summed E-state index contributed by atoms with van der Waals surface area (Å²) in [6, 6.07) is 15.4. The lowest BCUT2D eigenvalue weighted by Gasteiger charge is -2.39. The molecule has 2 fully saturated rings. The standard InChI is InChI=1S/C26H35N3O4/c1-2-27-26(31)28-22-8-6-7-21(15-22)25-32-23(17-29-13-4-3-5-14-29)16-24(33-25)20-11-9-19(18-30)10-12-20/h6-12,15,23-25,30H,2-5,13-14,16-18H2,1H3,(H2,27,28,31)/t23-,24+,25+/m1/s1. The van der Waals surface area contributed by atoms with E-state index in [1.54, 1.807) is 0 Å². The van der Waals surface area contributed by atoms with Gasteiger partial charge in [-0.05, 0) is 56.1 Å². The van der Waals surface area contributed by atoms with Gasteiger partial charge in [-0.25, -0.2) is 4.79 Å². The highest BCUT2D eigenvalue weighted by Gasteiger charge is 2.33. The molecule has 0 bridgehead atoms. The Bertz CT molecular complexity index is 899.